The van der Waals surface area contributed by atoms with E-state index in [1.807, 2.05) is 50.2 Å². The van der Waals surface area contributed by atoms with Crippen LogP contribution in [0, 0.1) is 0 Å². The molecule has 2 aromatic rings. The van der Waals surface area contributed by atoms with Crippen LogP contribution >= 0.6 is 0 Å². The van der Waals surface area contributed by atoms with Crippen LogP contribution in [-0.2, 0) is 22.7 Å². The van der Waals surface area contributed by atoms with Gasteiger partial charge >= 0.3 is 0 Å². The van der Waals surface area contributed by atoms with Gasteiger partial charge in [-0.25, -0.2) is 0 Å². The Bertz CT molecular complexity index is 384. The van der Waals surface area contributed by atoms with Crippen LogP contribution in [0.5, 0.6) is 0 Å². The third kappa shape index (κ3) is 7.72. The highest BCUT2D eigenvalue weighted by Gasteiger charge is 1.93. The van der Waals surface area contributed by atoms with Gasteiger partial charge in [0.2, 0.25) is 0 Å². The summed E-state index contributed by atoms with van der Waals surface area (Å²) in [5.41, 5.74) is 2.43. The fourth-order valence-electron chi connectivity index (χ4n) is 1.64. The van der Waals surface area contributed by atoms with Gasteiger partial charge in [0.05, 0.1) is 13.2 Å². The summed E-state index contributed by atoms with van der Waals surface area (Å²) < 4.78 is 10.4. The van der Waals surface area contributed by atoms with Crippen molar-refractivity contribution < 1.29 is 9.47 Å². The maximum atomic E-state index is 5.61. The maximum Gasteiger partial charge on any atom is 0.0721 e. The standard InChI is InChI=1S/C14H14O.C4H10O/c1-3-7-13(8-4-1)11-15-12-14-9-5-2-6-10-14;1-3-5-4-2/h1-10H,11-12H2;3-4H2,1-2H3. The molecule has 0 heterocycles. The van der Waals surface area contributed by atoms with Crippen LogP contribution in [0.25, 0.3) is 0 Å². The predicted molar refractivity (Wildman–Crippen MR) is 83.5 cm³/mol. The van der Waals surface area contributed by atoms with Crippen LogP contribution in [0.3, 0.4) is 0 Å². The van der Waals surface area contributed by atoms with E-state index in [0.29, 0.717) is 13.2 Å². The molecule has 0 bridgehead atoms. The summed E-state index contributed by atoms with van der Waals surface area (Å²) in [6.45, 7) is 7.02. The Morgan fingerprint density at radius 1 is 0.600 bits per heavy atom. The summed E-state index contributed by atoms with van der Waals surface area (Å²) in [6, 6.07) is 20.4. The molecule has 0 fully saturated rings. The fraction of sp³-hybridized carbons (Fsp3) is 0.333. The summed E-state index contributed by atoms with van der Waals surface area (Å²) in [5.74, 6) is 0. The Labute approximate surface area is 122 Å². The normalized spacial score (nSPS) is 9.70. The molecule has 2 heteroatoms. The molecule has 20 heavy (non-hydrogen) atoms. The first-order valence-electron chi connectivity index (χ1n) is 7.10. The smallest absolute Gasteiger partial charge is 0.0721 e. The predicted octanol–water partition coefficient (Wildman–Crippen LogP) is 4.45. The molecule has 0 aliphatic carbocycles. The fourth-order valence-corrected chi connectivity index (χ4v) is 1.64. The molecular formula is C18H24O2. The van der Waals surface area contributed by atoms with E-state index in [1.54, 1.807) is 0 Å². The van der Waals surface area contributed by atoms with Gasteiger partial charge in [-0.1, -0.05) is 60.7 Å². The van der Waals surface area contributed by atoms with Crippen molar-refractivity contribution in [1.29, 1.82) is 0 Å². The van der Waals surface area contributed by atoms with E-state index in [4.69, 9.17) is 9.47 Å². The van der Waals surface area contributed by atoms with Crippen molar-refractivity contribution in [2.75, 3.05) is 13.2 Å². The average molecular weight is 272 g/mol. The minimum absolute atomic E-state index is 0.676. The molecule has 0 spiro atoms. The summed E-state index contributed by atoms with van der Waals surface area (Å²) >= 11 is 0. The molecule has 0 saturated heterocycles. The zero-order chi connectivity index (χ0) is 14.5. The van der Waals surface area contributed by atoms with Gasteiger partial charge in [-0.05, 0) is 25.0 Å². The Balaban J connectivity index is 0.000000347. The summed E-state index contributed by atoms with van der Waals surface area (Å²) in [5, 5.41) is 0. The van der Waals surface area contributed by atoms with E-state index < -0.39 is 0 Å². The van der Waals surface area contributed by atoms with Crippen molar-refractivity contribution in [3.8, 4) is 0 Å². The first-order valence-corrected chi connectivity index (χ1v) is 7.10. The van der Waals surface area contributed by atoms with E-state index in [-0.39, 0.29) is 0 Å². The SMILES string of the molecule is CCOCC.c1ccc(COCc2ccccc2)cc1. The van der Waals surface area contributed by atoms with Crippen molar-refractivity contribution in [1.82, 2.24) is 0 Å². The molecule has 2 aromatic carbocycles. The number of ether oxygens (including phenoxy) is 2. The summed E-state index contributed by atoms with van der Waals surface area (Å²) in [4.78, 5) is 0. The quantitative estimate of drug-likeness (QED) is 0.773. The Morgan fingerprint density at radius 3 is 1.30 bits per heavy atom. The molecule has 0 aliphatic heterocycles. The third-order valence-corrected chi connectivity index (χ3v) is 2.63. The lowest BCUT2D eigenvalue weighted by Gasteiger charge is -2.03. The minimum atomic E-state index is 0.676. The third-order valence-electron chi connectivity index (χ3n) is 2.63. The molecule has 2 rings (SSSR count). The van der Waals surface area contributed by atoms with Crippen molar-refractivity contribution in [3.05, 3.63) is 71.8 Å². The van der Waals surface area contributed by atoms with E-state index >= 15 is 0 Å². The van der Waals surface area contributed by atoms with E-state index in [0.717, 1.165) is 13.2 Å². The molecule has 0 amide bonds. The lowest BCUT2D eigenvalue weighted by Crippen LogP contribution is -1.93. The van der Waals surface area contributed by atoms with Crippen LogP contribution in [0.4, 0.5) is 0 Å². The number of rotatable bonds is 6. The van der Waals surface area contributed by atoms with Crippen molar-refractivity contribution in [2.24, 2.45) is 0 Å². The Morgan fingerprint density at radius 2 is 1.00 bits per heavy atom. The first kappa shape index (κ1) is 16.4. The maximum absolute atomic E-state index is 5.61. The molecule has 0 aromatic heterocycles. The number of hydrogen-bond donors (Lipinski definition) is 0. The monoisotopic (exact) mass is 272 g/mol. The van der Waals surface area contributed by atoms with Gasteiger partial charge in [0.1, 0.15) is 0 Å². The van der Waals surface area contributed by atoms with Gasteiger partial charge in [0.15, 0.2) is 0 Å². The van der Waals surface area contributed by atoms with Gasteiger partial charge in [-0.15, -0.1) is 0 Å². The second-order valence-electron chi connectivity index (χ2n) is 4.25. The van der Waals surface area contributed by atoms with E-state index in [2.05, 4.69) is 24.3 Å². The molecule has 2 nitrogen and oxygen atoms in total. The molecule has 108 valence electrons. The molecule has 0 aliphatic rings. The van der Waals surface area contributed by atoms with Crippen LogP contribution in [-0.4, -0.2) is 13.2 Å². The largest absolute Gasteiger partial charge is 0.382 e. The summed E-state index contributed by atoms with van der Waals surface area (Å²) in [7, 11) is 0. The highest BCUT2D eigenvalue weighted by atomic mass is 16.5. The molecule has 0 radical (unpaired) electrons. The van der Waals surface area contributed by atoms with E-state index in [9.17, 15) is 0 Å². The second-order valence-corrected chi connectivity index (χ2v) is 4.25. The molecule has 0 unspecified atom stereocenters. The van der Waals surface area contributed by atoms with Gasteiger partial charge in [0.25, 0.3) is 0 Å². The van der Waals surface area contributed by atoms with Gasteiger partial charge in [0, 0.05) is 13.2 Å². The van der Waals surface area contributed by atoms with Crippen molar-refractivity contribution in [3.63, 3.8) is 0 Å². The van der Waals surface area contributed by atoms with Gasteiger partial charge in [-0.2, -0.15) is 0 Å². The van der Waals surface area contributed by atoms with Crippen LogP contribution < -0.4 is 0 Å². The van der Waals surface area contributed by atoms with Crippen LogP contribution in [0.2, 0.25) is 0 Å². The van der Waals surface area contributed by atoms with Crippen molar-refractivity contribution >= 4 is 0 Å². The van der Waals surface area contributed by atoms with Crippen molar-refractivity contribution in [2.45, 2.75) is 27.1 Å². The minimum Gasteiger partial charge on any atom is -0.382 e. The van der Waals surface area contributed by atoms with E-state index in [1.165, 1.54) is 11.1 Å². The zero-order valence-corrected chi connectivity index (χ0v) is 12.4. The zero-order valence-electron chi connectivity index (χ0n) is 12.4. The lowest BCUT2D eigenvalue weighted by atomic mass is 10.2. The second kappa shape index (κ2) is 11.2. The molecular weight excluding hydrogens is 248 g/mol. The first-order chi connectivity index (χ1) is 9.86. The van der Waals surface area contributed by atoms with Gasteiger partial charge < -0.3 is 9.47 Å². The number of benzene rings is 2. The average Bonchev–Trinajstić information content (AvgIpc) is 2.51. The molecule has 0 saturated carbocycles. The van der Waals surface area contributed by atoms with Gasteiger partial charge in [-0.3, -0.25) is 0 Å². The van der Waals surface area contributed by atoms with Crippen LogP contribution in [0.15, 0.2) is 60.7 Å². The molecule has 0 atom stereocenters. The number of hydrogen-bond acceptors (Lipinski definition) is 2. The highest BCUT2D eigenvalue weighted by molar-refractivity contribution is 5.15. The lowest BCUT2D eigenvalue weighted by molar-refractivity contribution is 0.107. The molecule has 0 N–H and O–H groups in total. The summed E-state index contributed by atoms with van der Waals surface area (Å²) in [6.07, 6.45) is 0. The Kier molecular flexibility index (Phi) is 9.20. The highest BCUT2D eigenvalue weighted by Crippen LogP contribution is 2.05. The van der Waals surface area contributed by atoms with Crippen LogP contribution in [0.1, 0.15) is 25.0 Å². The topological polar surface area (TPSA) is 18.5 Å². The Hall–Kier alpha value is -1.64.